The van der Waals surface area contributed by atoms with E-state index < -0.39 is 0 Å². The van der Waals surface area contributed by atoms with E-state index in [1.54, 1.807) is 6.92 Å². The molecule has 0 aliphatic carbocycles. The van der Waals surface area contributed by atoms with Gasteiger partial charge in [0.1, 0.15) is 8.85 Å². The van der Waals surface area contributed by atoms with Gasteiger partial charge in [0.15, 0.2) is 0 Å². The third-order valence-electron chi connectivity index (χ3n) is 3.93. The lowest BCUT2D eigenvalue weighted by Crippen LogP contribution is -2.26. The van der Waals surface area contributed by atoms with Crippen molar-refractivity contribution in [2.24, 2.45) is 0 Å². The van der Waals surface area contributed by atoms with Crippen molar-refractivity contribution in [2.75, 3.05) is 18.1 Å². The van der Waals surface area contributed by atoms with Crippen LogP contribution in [0.25, 0.3) is 0 Å². The smallest absolute Gasteiger partial charge is 0.410 e. The van der Waals surface area contributed by atoms with E-state index in [0.29, 0.717) is 36.5 Å². The number of nitrogens with zero attached hydrogens (tertiary/aromatic N) is 5. The number of hydrogen-bond acceptors (Lipinski definition) is 9. The van der Waals surface area contributed by atoms with Gasteiger partial charge in [0.05, 0.1) is 31.1 Å². The van der Waals surface area contributed by atoms with Crippen molar-refractivity contribution in [1.82, 2.24) is 30.2 Å². The fourth-order valence-electron chi connectivity index (χ4n) is 2.72. The molecule has 0 saturated heterocycles. The van der Waals surface area contributed by atoms with Gasteiger partial charge in [-0.25, -0.2) is 24.7 Å². The first-order valence-corrected chi connectivity index (χ1v) is 9.58. The number of rotatable bonds is 1. The highest BCUT2D eigenvalue weighted by molar-refractivity contribution is 14.1. The van der Waals surface area contributed by atoms with Gasteiger partial charge < -0.3 is 21.5 Å². The molecule has 0 radical (unpaired) electrons. The van der Waals surface area contributed by atoms with Crippen LogP contribution in [0.4, 0.5) is 16.7 Å². The topological polar surface area (TPSA) is 145 Å². The molecule has 2 aliphatic heterocycles. The van der Waals surface area contributed by atoms with E-state index in [1.807, 2.05) is 0 Å². The molecule has 1 amide bonds. The van der Waals surface area contributed by atoms with E-state index in [9.17, 15) is 4.79 Å². The van der Waals surface area contributed by atoms with Gasteiger partial charge in [-0.3, -0.25) is 4.90 Å². The summed E-state index contributed by atoms with van der Waals surface area (Å²) in [6.45, 7) is 4.51. The second kappa shape index (κ2) is 11.8. The molecule has 4 heterocycles. The largest absolute Gasteiger partial charge is 0.450 e. The van der Waals surface area contributed by atoms with Crippen molar-refractivity contribution in [3.63, 3.8) is 0 Å². The number of nitrogen functional groups attached to an aromatic ring is 2. The molecule has 14 heteroatoms. The van der Waals surface area contributed by atoms with Crippen LogP contribution < -0.4 is 16.8 Å². The van der Waals surface area contributed by atoms with Gasteiger partial charge in [-0.15, -0.1) is 48.0 Å². The van der Waals surface area contributed by atoms with Crippen LogP contribution in [0.2, 0.25) is 5.15 Å². The maximum Gasteiger partial charge on any atom is 0.410 e. The molecule has 0 unspecified atom stereocenters. The Morgan fingerprint density at radius 1 is 1.10 bits per heavy atom. The first-order valence-electron chi connectivity index (χ1n) is 8.13. The molecule has 0 saturated carbocycles. The van der Waals surface area contributed by atoms with Crippen molar-refractivity contribution >= 4 is 100 Å². The summed E-state index contributed by atoms with van der Waals surface area (Å²) in [4.78, 5) is 29.1. The Hall–Kier alpha value is -0.530. The first kappa shape index (κ1) is 26.5. The van der Waals surface area contributed by atoms with E-state index in [-0.39, 0.29) is 60.0 Å². The van der Waals surface area contributed by atoms with Gasteiger partial charge in [-0.1, -0.05) is 11.6 Å². The Balaban J connectivity index is 0.000000286. The molecule has 10 nitrogen and oxygen atoms in total. The Bertz CT molecular complexity index is 889. The molecule has 0 aromatic carbocycles. The number of carbonyl (C=O) groups excluding carboxylic acids is 1. The number of carbonyl (C=O) groups is 1. The first-order chi connectivity index (χ1) is 12.9. The summed E-state index contributed by atoms with van der Waals surface area (Å²) in [6, 6.07) is 0. The highest BCUT2D eigenvalue weighted by Crippen LogP contribution is 2.27. The minimum absolute atomic E-state index is 0. The molecule has 2 aromatic heterocycles. The number of fused-ring (bicyclic) bond motifs is 2. The SMILES string of the molecule is CCOC(=O)N1Cc2nc(N)nc(Cl)c2C1.I.I.Nc1nc(I)c2c(n1)CNC2. The number of ether oxygens (including phenoxy) is 1. The predicted octanol–water partition coefficient (Wildman–Crippen LogP) is 2.69. The Morgan fingerprint density at radius 3 is 2.45 bits per heavy atom. The van der Waals surface area contributed by atoms with Crippen LogP contribution in [-0.2, 0) is 30.9 Å². The molecule has 0 spiro atoms. The van der Waals surface area contributed by atoms with Crippen LogP contribution in [0.3, 0.4) is 0 Å². The van der Waals surface area contributed by atoms with E-state index >= 15 is 0 Å². The maximum absolute atomic E-state index is 11.5. The van der Waals surface area contributed by atoms with Crippen molar-refractivity contribution in [2.45, 2.75) is 33.1 Å². The Labute approximate surface area is 220 Å². The summed E-state index contributed by atoms with van der Waals surface area (Å²) in [5.74, 6) is 0.492. The van der Waals surface area contributed by atoms with E-state index in [2.05, 4.69) is 47.8 Å². The Morgan fingerprint density at radius 2 is 1.76 bits per heavy atom. The lowest BCUT2D eigenvalue weighted by atomic mass is 10.3. The normalized spacial score (nSPS) is 13.3. The fraction of sp³-hybridized carbons (Fsp3) is 0.400. The monoisotopic (exact) mass is 760 g/mol. The van der Waals surface area contributed by atoms with E-state index in [0.717, 1.165) is 28.0 Å². The molecular weight excluding hydrogens is 740 g/mol. The zero-order valence-electron chi connectivity index (χ0n) is 15.3. The van der Waals surface area contributed by atoms with Crippen LogP contribution in [0.5, 0.6) is 0 Å². The molecule has 5 N–H and O–H groups in total. The van der Waals surface area contributed by atoms with Crippen LogP contribution in [0.15, 0.2) is 0 Å². The highest BCUT2D eigenvalue weighted by atomic mass is 127. The van der Waals surface area contributed by atoms with Crippen molar-refractivity contribution in [3.8, 4) is 0 Å². The molecule has 160 valence electrons. The summed E-state index contributed by atoms with van der Waals surface area (Å²) >= 11 is 8.09. The van der Waals surface area contributed by atoms with Gasteiger partial charge >= 0.3 is 6.09 Å². The molecule has 29 heavy (non-hydrogen) atoms. The van der Waals surface area contributed by atoms with Gasteiger partial charge in [0, 0.05) is 24.2 Å². The van der Waals surface area contributed by atoms with Crippen LogP contribution in [0.1, 0.15) is 29.4 Å². The van der Waals surface area contributed by atoms with Gasteiger partial charge in [-0.2, -0.15) is 0 Å². The fourth-order valence-corrected chi connectivity index (χ4v) is 3.73. The zero-order chi connectivity index (χ0) is 19.6. The Kier molecular flexibility index (Phi) is 10.7. The number of aromatic nitrogens is 4. The summed E-state index contributed by atoms with van der Waals surface area (Å²) in [5.41, 5.74) is 14.6. The van der Waals surface area contributed by atoms with Crippen molar-refractivity contribution in [1.29, 1.82) is 0 Å². The average Bonchev–Trinajstić information content (AvgIpc) is 3.22. The number of nitrogens with one attached hydrogen (secondary N) is 1. The molecular formula is C15H20ClI3N8O2. The molecule has 0 bridgehead atoms. The standard InChI is InChI=1S/C9H11ClN4O2.C6H7IN4.2HI/c1-2-16-9(15)14-3-5-6(4-14)12-8(11)13-7(5)10;7-5-3-1-9-2-4(3)10-6(8)11-5;;/h2-4H2,1H3,(H2,11,12,13);9H,1-2H2,(H2,8,10,11);2*1H. The van der Waals surface area contributed by atoms with Gasteiger partial charge in [0.25, 0.3) is 0 Å². The maximum atomic E-state index is 11.5. The van der Waals surface area contributed by atoms with Crippen LogP contribution >= 0.6 is 82.1 Å². The second-order valence-electron chi connectivity index (χ2n) is 5.75. The molecule has 2 aliphatic rings. The number of amides is 1. The van der Waals surface area contributed by atoms with E-state index in [1.165, 1.54) is 10.5 Å². The number of hydrogen-bond donors (Lipinski definition) is 3. The lowest BCUT2D eigenvalue weighted by molar-refractivity contribution is 0.106. The van der Waals surface area contributed by atoms with E-state index in [4.69, 9.17) is 27.8 Å². The van der Waals surface area contributed by atoms with Gasteiger partial charge in [0.2, 0.25) is 11.9 Å². The molecule has 0 fully saturated rings. The number of nitrogens with two attached hydrogens (primary N) is 2. The second-order valence-corrected chi connectivity index (χ2v) is 7.13. The lowest BCUT2D eigenvalue weighted by Gasteiger charge is -2.13. The third kappa shape index (κ3) is 6.47. The van der Waals surface area contributed by atoms with Crippen molar-refractivity contribution in [3.05, 3.63) is 31.4 Å². The summed E-state index contributed by atoms with van der Waals surface area (Å²) in [5, 5.41) is 3.49. The van der Waals surface area contributed by atoms with Crippen LogP contribution in [-0.4, -0.2) is 37.5 Å². The molecule has 4 rings (SSSR count). The molecule has 2 aromatic rings. The molecule has 0 atom stereocenters. The summed E-state index contributed by atoms with van der Waals surface area (Å²) in [6.07, 6.45) is -0.380. The van der Waals surface area contributed by atoms with Gasteiger partial charge in [-0.05, 0) is 29.5 Å². The average molecular weight is 761 g/mol. The number of halogens is 4. The highest BCUT2D eigenvalue weighted by Gasteiger charge is 2.28. The third-order valence-corrected chi connectivity index (χ3v) is 5.13. The van der Waals surface area contributed by atoms with Crippen LogP contribution in [0, 0.1) is 3.70 Å². The minimum atomic E-state index is -0.380. The van der Waals surface area contributed by atoms with Crippen molar-refractivity contribution < 1.29 is 9.53 Å². The minimum Gasteiger partial charge on any atom is -0.450 e. The number of anilines is 2. The summed E-state index contributed by atoms with van der Waals surface area (Å²) < 4.78 is 5.86. The zero-order valence-corrected chi connectivity index (χ0v) is 22.9. The predicted molar refractivity (Wildman–Crippen MR) is 138 cm³/mol. The summed E-state index contributed by atoms with van der Waals surface area (Å²) in [7, 11) is 0. The quantitative estimate of drug-likeness (QED) is 0.295.